The molecule has 0 unspecified atom stereocenters. The summed E-state index contributed by atoms with van der Waals surface area (Å²) in [5, 5.41) is 5.88. The summed E-state index contributed by atoms with van der Waals surface area (Å²) in [4.78, 5) is 44.9. The first-order valence-electron chi connectivity index (χ1n) is 12.7. The Labute approximate surface area is 226 Å². The molecule has 3 aliphatic rings. The molecule has 4 bridgehead atoms. The van der Waals surface area contributed by atoms with Gasteiger partial charge in [0.25, 0.3) is 17.7 Å². The third-order valence-corrected chi connectivity index (χ3v) is 6.76. The molecule has 0 aliphatic carbocycles. The number of aromatic nitrogens is 1. The van der Waals surface area contributed by atoms with Crippen LogP contribution in [0.5, 0.6) is 17.2 Å². The van der Waals surface area contributed by atoms with Crippen LogP contribution in [0.1, 0.15) is 38.3 Å². The van der Waals surface area contributed by atoms with E-state index >= 15 is 0 Å². The van der Waals surface area contributed by atoms with E-state index in [0.717, 1.165) is 11.1 Å². The maximum atomic E-state index is 13.4. The third kappa shape index (κ3) is 6.11. The smallest absolute Gasteiger partial charge is 0.258 e. The number of nitrogens with zero attached hydrogens (tertiary/aromatic N) is 2. The Bertz CT molecular complexity index is 1380. The van der Waals surface area contributed by atoms with Gasteiger partial charge in [-0.2, -0.15) is 0 Å². The minimum atomic E-state index is -0.488. The second-order valence-corrected chi connectivity index (χ2v) is 9.60. The highest BCUT2D eigenvalue weighted by Crippen LogP contribution is 2.29. The minimum absolute atomic E-state index is 0.149. The molecular formula is C29H30N4O6. The Morgan fingerprint density at radius 3 is 2.69 bits per heavy atom. The number of carbonyl (C=O) groups excluding carboxylic acids is 3. The van der Waals surface area contributed by atoms with Crippen molar-refractivity contribution in [3.8, 4) is 17.2 Å². The van der Waals surface area contributed by atoms with E-state index in [0.29, 0.717) is 42.1 Å². The van der Waals surface area contributed by atoms with Gasteiger partial charge in [-0.15, -0.1) is 0 Å². The zero-order valence-corrected chi connectivity index (χ0v) is 21.8. The highest BCUT2D eigenvalue weighted by Gasteiger charge is 2.35. The van der Waals surface area contributed by atoms with Gasteiger partial charge in [0.15, 0.2) is 18.1 Å². The zero-order chi connectivity index (χ0) is 27.4. The number of amides is 3. The van der Waals surface area contributed by atoms with Crippen molar-refractivity contribution in [2.75, 3.05) is 26.8 Å². The molecular weight excluding hydrogens is 500 g/mol. The Kier molecular flexibility index (Phi) is 7.62. The first kappa shape index (κ1) is 26.0. The number of likely N-dealkylation sites (tertiary alicyclic amines) is 1. The average molecular weight is 531 g/mol. The van der Waals surface area contributed by atoms with E-state index < -0.39 is 6.04 Å². The average Bonchev–Trinajstić information content (AvgIpc) is 2.95. The van der Waals surface area contributed by atoms with Gasteiger partial charge < -0.3 is 29.7 Å². The van der Waals surface area contributed by atoms with Crippen LogP contribution < -0.4 is 24.8 Å². The molecule has 1 aromatic heterocycles. The summed E-state index contributed by atoms with van der Waals surface area (Å²) in [5.41, 5.74) is 2.62. The topological polar surface area (TPSA) is 119 Å². The van der Waals surface area contributed by atoms with Crippen molar-refractivity contribution in [2.24, 2.45) is 0 Å². The standard InChI is InChI=1S/C29H30N4O6/c1-18-11-21(15-30-13-18)29(36)33-10-9-24-23(16-33)32-28(35)20-5-8-25(37-2)26(12-20)38-17-27(34)31-14-19-3-6-22(39-24)7-4-19/h3-8,11-13,15,23-24H,9-10,14,16-17H2,1-2H3,(H,31,34)(H,32,35)/t23-,24+/m0/s1. The summed E-state index contributed by atoms with van der Waals surface area (Å²) >= 11 is 0. The number of methoxy groups -OCH3 is 1. The van der Waals surface area contributed by atoms with Crippen LogP contribution in [-0.2, 0) is 11.3 Å². The molecule has 3 aromatic rings. The second-order valence-electron chi connectivity index (χ2n) is 9.60. The number of hydrogen-bond donors (Lipinski definition) is 2. The van der Waals surface area contributed by atoms with Gasteiger partial charge in [0.1, 0.15) is 11.9 Å². The predicted octanol–water partition coefficient (Wildman–Crippen LogP) is 2.50. The molecule has 202 valence electrons. The Balaban J connectivity index is 1.44. The van der Waals surface area contributed by atoms with E-state index in [4.69, 9.17) is 14.2 Å². The predicted molar refractivity (Wildman–Crippen MR) is 142 cm³/mol. The number of nitrogens with one attached hydrogen (secondary N) is 2. The molecule has 39 heavy (non-hydrogen) atoms. The third-order valence-electron chi connectivity index (χ3n) is 6.76. The van der Waals surface area contributed by atoms with Crippen LogP contribution in [0.4, 0.5) is 0 Å². The number of piperidine rings is 1. The zero-order valence-electron chi connectivity index (χ0n) is 21.8. The first-order chi connectivity index (χ1) is 18.9. The Morgan fingerprint density at radius 2 is 1.92 bits per heavy atom. The van der Waals surface area contributed by atoms with Crippen LogP contribution in [0.25, 0.3) is 0 Å². The van der Waals surface area contributed by atoms with Crippen molar-refractivity contribution < 1.29 is 28.6 Å². The molecule has 0 spiro atoms. The Hall–Kier alpha value is -4.60. The number of aryl methyl sites for hydroxylation is 1. The number of fused-ring (bicyclic) bond motifs is 7. The van der Waals surface area contributed by atoms with E-state index in [1.165, 1.54) is 13.2 Å². The van der Waals surface area contributed by atoms with Gasteiger partial charge in [-0.3, -0.25) is 19.4 Å². The quantitative estimate of drug-likeness (QED) is 0.523. The van der Waals surface area contributed by atoms with Crippen LogP contribution >= 0.6 is 0 Å². The van der Waals surface area contributed by atoms with Crippen molar-refractivity contribution in [3.63, 3.8) is 0 Å². The van der Waals surface area contributed by atoms with Crippen LogP contribution in [0.15, 0.2) is 60.9 Å². The normalized spacial score (nSPS) is 19.5. The van der Waals surface area contributed by atoms with Gasteiger partial charge >= 0.3 is 0 Å². The van der Waals surface area contributed by atoms with Crippen LogP contribution in [0.2, 0.25) is 0 Å². The number of pyridine rings is 1. The molecule has 2 atom stereocenters. The number of carbonyl (C=O) groups is 3. The van der Waals surface area contributed by atoms with Crippen LogP contribution in [0, 0.1) is 6.92 Å². The highest BCUT2D eigenvalue weighted by atomic mass is 16.5. The maximum absolute atomic E-state index is 13.4. The summed E-state index contributed by atoms with van der Waals surface area (Å²) in [7, 11) is 1.49. The summed E-state index contributed by atoms with van der Waals surface area (Å²) in [6, 6.07) is 13.5. The molecule has 2 aromatic carbocycles. The van der Waals surface area contributed by atoms with Crippen molar-refractivity contribution in [1.82, 2.24) is 20.5 Å². The molecule has 1 fully saturated rings. The maximum Gasteiger partial charge on any atom is 0.258 e. The number of ether oxygens (including phenoxy) is 3. The SMILES string of the molecule is COc1ccc2cc1OCC(=O)NCc1ccc(cc1)O[C@@H]1CCN(C(=O)c3cncc(C)c3)C[C@@H]1NC2=O. The van der Waals surface area contributed by atoms with Crippen molar-refractivity contribution >= 4 is 17.7 Å². The van der Waals surface area contributed by atoms with E-state index in [2.05, 4.69) is 15.6 Å². The van der Waals surface area contributed by atoms with Crippen molar-refractivity contribution in [3.05, 3.63) is 83.2 Å². The molecule has 2 N–H and O–H groups in total. The van der Waals surface area contributed by atoms with Gasteiger partial charge in [0.2, 0.25) is 0 Å². The van der Waals surface area contributed by atoms with Crippen LogP contribution in [-0.4, -0.2) is 66.6 Å². The number of rotatable bonds is 2. The summed E-state index contributed by atoms with van der Waals surface area (Å²) in [5.74, 6) is 0.483. The summed E-state index contributed by atoms with van der Waals surface area (Å²) in [6.07, 6.45) is 3.40. The Morgan fingerprint density at radius 1 is 1.10 bits per heavy atom. The molecule has 3 amide bonds. The van der Waals surface area contributed by atoms with Gasteiger partial charge in [-0.25, -0.2) is 0 Å². The lowest BCUT2D eigenvalue weighted by molar-refractivity contribution is -0.123. The lowest BCUT2D eigenvalue weighted by Crippen LogP contribution is -2.58. The van der Waals surface area contributed by atoms with E-state index in [1.54, 1.807) is 35.5 Å². The molecule has 0 radical (unpaired) electrons. The lowest BCUT2D eigenvalue weighted by atomic mass is 10.00. The monoisotopic (exact) mass is 530 g/mol. The second kappa shape index (κ2) is 11.4. The molecule has 0 saturated carbocycles. The van der Waals surface area contributed by atoms with E-state index in [1.807, 2.05) is 31.2 Å². The van der Waals surface area contributed by atoms with E-state index in [9.17, 15) is 14.4 Å². The number of benzene rings is 2. The van der Waals surface area contributed by atoms with Crippen molar-refractivity contribution in [1.29, 1.82) is 0 Å². The fraction of sp³-hybridized carbons (Fsp3) is 0.310. The van der Waals surface area contributed by atoms with E-state index in [-0.39, 0.29) is 42.7 Å². The largest absolute Gasteiger partial charge is 0.493 e. The molecule has 3 aliphatic heterocycles. The van der Waals surface area contributed by atoms with Gasteiger partial charge in [-0.1, -0.05) is 12.1 Å². The van der Waals surface area contributed by atoms with Gasteiger partial charge in [0.05, 0.1) is 18.7 Å². The minimum Gasteiger partial charge on any atom is -0.493 e. The first-order valence-corrected chi connectivity index (χ1v) is 12.7. The molecule has 10 nitrogen and oxygen atoms in total. The van der Waals surface area contributed by atoms with Gasteiger partial charge in [-0.05, 0) is 54.4 Å². The lowest BCUT2D eigenvalue weighted by Gasteiger charge is -2.39. The van der Waals surface area contributed by atoms with Crippen molar-refractivity contribution in [2.45, 2.75) is 32.0 Å². The highest BCUT2D eigenvalue weighted by molar-refractivity contribution is 5.96. The van der Waals surface area contributed by atoms with Gasteiger partial charge in [0, 0.05) is 44.0 Å². The molecule has 10 heteroatoms. The molecule has 4 heterocycles. The van der Waals surface area contributed by atoms with Crippen LogP contribution in [0.3, 0.4) is 0 Å². The summed E-state index contributed by atoms with van der Waals surface area (Å²) in [6.45, 7) is 2.71. The molecule has 6 rings (SSSR count). The fourth-order valence-corrected chi connectivity index (χ4v) is 4.69. The summed E-state index contributed by atoms with van der Waals surface area (Å²) < 4.78 is 17.4. The molecule has 1 saturated heterocycles. The number of hydrogen-bond acceptors (Lipinski definition) is 7. The fourth-order valence-electron chi connectivity index (χ4n) is 4.69.